The molecule has 1 heterocycles. The van der Waals surface area contributed by atoms with Crippen LogP contribution < -0.4 is 5.32 Å². The van der Waals surface area contributed by atoms with E-state index in [9.17, 15) is 13.2 Å². The van der Waals surface area contributed by atoms with Crippen LogP contribution in [0.2, 0.25) is 0 Å². The molecule has 1 N–H and O–H groups in total. The number of fused-ring (bicyclic) bond motifs is 1. The minimum absolute atomic E-state index is 0.285. The smallest absolute Gasteiger partial charge is 0.358 e. The molecule has 7 heteroatoms. The monoisotopic (exact) mass is 320 g/mol. The summed E-state index contributed by atoms with van der Waals surface area (Å²) in [5, 5.41) is 3.96. The fraction of sp³-hybridized carbons (Fsp3) is 0.462. The van der Waals surface area contributed by atoms with Gasteiger partial charge in [0.1, 0.15) is 0 Å². The molecule has 0 spiro atoms. The lowest BCUT2D eigenvalue weighted by atomic mass is 10.2. The highest BCUT2D eigenvalue weighted by atomic mass is 32.2. The molecule has 1 unspecified atom stereocenters. The van der Waals surface area contributed by atoms with E-state index in [1.165, 1.54) is 17.4 Å². The lowest BCUT2D eigenvalue weighted by Gasteiger charge is -2.14. The third-order valence-corrected chi connectivity index (χ3v) is 4.61. The van der Waals surface area contributed by atoms with Crippen LogP contribution in [-0.4, -0.2) is 23.0 Å². The van der Waals surface area contributed by atoms with Crippen LogP contribution in [0.3, 0.4) is 0 Å². The van der Waals surface area contributed by atoms with Gasteiger partial charge in [-0.1, -0.05) is 18.3 Å². The molecule has 0 saturated carbocycles. The molecule has 20 heavy (non-hydrogen) atoms. The first-order chi connectivity index (χ1) is 9.44. The maximum Gasteiger partial charge on any atom is 0.416 e. The van der Waals surface area contributed by atoms with Crippen molar-refractivity contribution in [2.75, 3.05) is 17.3 Å². The lowest BCUT2D eigenvalue weighted by Crippen LogP contribution is -2.20. The van der Waals surface area contributed by atoms with Gasteiger partial charge in [0.2, 0.25) is 0 Å². The second-order valence-electron chi connectivity index (χ2n) is 4.40. The molecule has 0 amide bonds. The molecule has 1 atom stereocenters. The second kappa shape index (κ2) is 6.22. The van der Waals surface area contributed by atoms with Crippen LogP contribution in [0.4, 0.5) is 18.3 Å². The summed E-state index contributed by atoms with van der Waals surface area (Å²) in [5.74, 6) is 0.945. The molecule has 0 aliphatic heterocycles. The molecule has 1 aromatic carbocycles. The fourth-order valence-electron chi connectivity index (χ4n) is 1.80. The van der Waals surface area contributed by atoms with Crippen molar-refractivity contribution in [2.45, 2.75) is 25.6 Å². The Hall–Kier alpha value is -0.950. The van der Waals surface area contributed by atoms with Crippen LogP contribution in [0.25, 0.3) is 10.2 Å². The molecule has 110 valence electrons. The van der Waals surface area contributed by atoms with E-state index in [4.69, 9.17) is 0 Å². The Balaban J connectivity index is 2.25. The number of alkyl halides is 3. The molecule has 0 bridgehead atoms. The quantitative estimate of drug-likeness (QED) is 0.851. The van der Waals surface area contributed by atoms with Crippen molar-refractivity contribution in [3.63, 3.8) is 0 Å². The molecular formula is C13H15F3N2S2. The van der Waals surface area contributed by atoms with E-state index in [1.54, 1.807) is 11.8 Å². The number of anilines is 1. The Bertz CT molecular complexity index is 580. The van der Waals surface area contributed by atoms with Gasteiger partial charge in [-0.05, 0) is 30.9 Å². The van der Waals surface area contributed by atoms with Gasteiger partial charge in [0.15, 0.2) is 5.13 Å². The zero-order valence-electron chi connectivity index (χ0n) is 11.1. The molecular weight excluding hydrogens is 305 g/mol. The largest absolute Gasteiger partial charge is 0.416 e. The molecule has 0 fully saturated rings. The first-order valence-electron chi connectivity index (χ1n) is 6.17. The van der Waals surface area contributed by atoms with E-state index in [2.05, 4.69) is 17.2 Å². The molecule has 0 aliphatic rings. The number of halogens is 3. The standard InChI is InChI=1S/C13H15F3N2S2/c1-3-9(7-19-2)17-12-18-10-6-8(13(14,15)16)4-5-11(10)20-12/h4-6,9H,3,7H2,1-2H3,(H,17,18). The Morgan fingerprint density at radius 2 is 2.15 bits per heavy atom. The molecule has 0 radical (unpaired) electrons. The number of thiazole rings is 1. The minimum atomic E-state index is -4.32. The van der Waals surface area contributed by atoms with Crippen molar-refractivity contribution in [1.82, 2.24) is 4.98 Å². The van der Waals surface area contributed by atoms with Gasteiger partial charge < -0.3 is 5.32 Å². The second-order valence-corrected chi connectivity index (χ2v) is 6.35. The van der Waals surface area contributed by atoms with Crippen LogP contribution in [0.1, 0.15) is 18.9 Å². The first-order valence-corrected chi connectivity index (χ1v) is 8.38. The highest BCUT2D eigenvalue weighted by Gasteiger charge is 2.30. The third-order valence-electron chi connectivity index (χ3n) is 2.90. The number of nitrogens with zero attached hydrogens (tertiary/aromatic N) is 1. The molecule has 2 aromatic rings. The van der Waals surface area contributed by atoms with Gasteiger partial charge in [-0.3, -0.25) is 0 Å². The number of hydrogen-bond acceptors (Lipinski definition) is 4. The summed E-state index contributed by atoms with van der Waals surface area (Å²) >= 11 is 3.12. The van der Waals surface area contributed by atoms with E-state index in [1.807, 2.05) is 6.26 Å². The summed E-state index contributed by atoms with van der Waals surface area (Å²) in [6.45, 7) is 2.07. The van der Waals surface area contributed by atoms with Crippen LogP contribution in [0.15, 0.2) is 18.2 Å². The van der Waals surface area contributed by atoms with E-state index < -0.39 is 11.7 Å². The lowest BCUT2D eigenvalue weighted by molar-refractivity contribution is -0.137. The molecule has 1 aromatic heterocycles. The third kappa shape index (κ3) is 3.58. The Morgan fingerprint density at radius 3 is 2.75 bits per heavy atom. The average Bonchev–Trinajstić information content (AvgIpc) is 2.78. The topological polar surface area (TPSA) is 24.9 Å². The van der Waals surface area contributed by atoms with E-state index in [0.29, 0.717) is 10.6 Å². The van der Waals surface area contributed by atoms with Gasteiger partial charge in [0, 0.05) is 11.8 Å². The molecule has 2 rings (SSSR count). The summed E-state index contributed by atoms with van der Waals surface area (Å²) in [4.78, 5) is 4.26. The zero-order chi connectivity index (χ0) is 14.8. The van der Waals surface area contributed by atoms with Gasteiger partial charge in [0.25, 0.3) is 0 Å². The summed E-state index contributed by atoms with van der Waals surface area (Å²) in [7, 11) is 0. The first kappa shape index (κ1) is 15.4. The molecule has 0 saturated heterocycles. The predicted molar refractivity (Wildman–Crippen MR) is 80.7 cm³/mol. The highest BCUT2D eigenvalue weighted by Crippen LogP contribution is 2.34. The predicted octanol–water partition coefficient (Wildman–Crippen LogP) is 4.87. The van der Waals surface area contributed by atoms with Crippen LogP contribution in [-0.2, 0) is 6.18 Å². The summed E-state index contributed by atoms with van der Waals surface area (Å²) in [5.41, 5.74) is -0.260. The average molecular weight is 320 g/mol. The SMILES string of the molecule is CCC(CSC)Nc1nc2cc(C(F)(F)F)ccc2s1. The van der Waals surface area contributed by atoms with Crippen LogP contribution >= 0.6 is 23.1 Å². The van der Waals surface area contributed by atoms with Crippen molar-refractivity contribution in [2.24, 2.45) is 0 Å². The van der Waals surface area contributed by atoms with E-state index >= 15 is 0 Å². The fourth-order valence-corrected chi connectivity index (χ4v) is 3.45. The van der Waals surface area contributed by atoms with Crippen molar-refractivity contribution >= 4 is 38.4 Å². The number of thioether (sulfide) groups is 1. The molecule has 2 nitrogen and oxygen atoms in total. The number of hydrogen-bond donors (Lipinski definition) is 1. The van der Waals surface area contributed by atoms with Crippen LogP contribution in [0, 0.1) is 0 Å². The Labute approximate surface area is 123 Å². The Morgan fingerprint density at radius 1 is 1.40 bits per heavy atom. The summed E-state index contributed by atoms with van der Waals surface area (Å²) in [6.07, 6.45) is -1.35. The number of nitrogens with one attached hydrogen (secondary N) is 1. The van der Waals surface area contributed by atoms with Crippen molar-refractivity contribution in [1.29, 1.82) is 0 Å². The van der Waals surface area contributed by atoms with Gasteiger partial charge in [-0.2, -0.15) is 24.9 Å². The van der Waals surface area contributed by atoms with E-state index in [0.717, 1.165) is 29.0 Å². The van der Waals surface area contributed by atoms with Gasteiger partial charge in [-0.15, -0.1) is 0 Å². The summed E-state index contributed by atoms with van der Waals surface area (Å²) in [6, 6.07) is 3.97. The minimum Gasteiger partial charge on any atom is -0.358 e. The normalized spacial score (nSPS) is 13.7. The Kier molecular flexibility index (Phi) is 4.80. The van der Waals surface area contributed by atoms with Crippen molar-refractivity contribution in [3.05, 3.63) is 23.8 Å². The maximum atomic E-state index is 12.6. The van der Waals surface area contributed by atoms with Crippen molar-refractivity contribution in [3.8, 4) is 0 Å². The van der Waals surface area contributed by atoms with Gasteiger partial charge >= 0.3 is 6.18 Å². The highest BCUT2D eigenvalue weighted by molar-refractivity contribution is 7.98. The van der Waals surface area contributed by atoms with Gasteiger partial charge in [0.05, 0.1) is 15.8 Å². The maximum absolute atomic E-state index is 12.6. The zero-order valence-corrected chi connectivity index (χ0v) is 12.8. The molecule has 0 aliphatic carbocycles. The van der Waals surface area contributed by atoms with Crippen LogP contribution in [0.5, 0.6) is 0 Å². The van der Waals surface area contributed by atoms with E-state index in [-0.39, 0.29) is 6.04 Å². The number of aromatic nitrogens is 1. The van der Waals surface area contributed by atoms with Gasteiger partial charge in [-0.25, -0.2) is 4.98 Å². The number of rotatable bonds is 5. The summed E-state index contributed by atoms with van der Waals surface area (Å²) < 4.78 is 38.7. The van der Waals surface area contributed by atoms with Crippen molar-refractivity contribution < 1.29 is 13.2 Å². The number of benzene rings is 1.